The number of sulfonamides is 1. The van der Waals surface area contributed by atoms with Crippen LogP contribution in [0.3, 0.4) is 0 Å². The third-order valence-electron chi connectivity index (χ3n) is 3.34. The van der Waals surface area contributed by atoms with E-state index in [0.717, 1.165) is 10.4 Å². The topological polar surface area (TPSA) is 110 Å². The average Bonchev–Trinajstić information content (AvgIpc) is 2.88. The van der Waals surface area contributed by atoms with E-state index in [-0.39, 0.29) is 17.1 Å². The third-order valence-corrected chi connectivity index (χ3v) is 5.38. The van der Waals surface area contributed by atoms with Gasteiger partial charge in [-0.05, 0) is 25.3 Å². The number of hydrogen-bond acceptors (Lipinski definition) is 6. The van der Waals surface area contributed by atoms with Crippen molar-refractivity contribution in [3.8, 4) is 0 Å². The van der Waals surface area contributed by atoms with Gasteiger partial charge in [-0.2, -0.15) is 9.30 Å². The molecule has 112 valence electrons. The number of isocyanates is 1. The van der Waals surface area contributed by atoms with Crippen molar-refractivity contribution in [3.05, 3.63) is 33.9 Å². The first-order valence-corrected chi connectivity index (χ1v) is 7.66. The van der Waals surface area contributed by atoms with Crippen molar-refractivity contribution < 1.29 is 18.1 Å². The number of benzene rings is 1. The molecule has 1 aliphatic rings. The van der Waals surface area contributed by atoms with Gasteiger partial charge in [-0.25, -0.2) is 13.2 Å². The molecule has 0 saturated carbocycles. The molecule has 1 fully saturated rings. The second-order valence-corrected chi connectivity index (χ2v) is 6.52. The predicted molar refractivity (Wildman–Crippen MR) is 72.9 cm³/mol. The first kappa shape index (κ1) is 15.3. The lowest BCUT2D eigenvalue weighted by Gasteiger charge is -2.20. The monoisotopic (exact) mass is 311 g/mol. The van der Waals surface area contributed by atoms with Gasteiger partial charge in [0.15, 0.2) is 0 Å². The van der Waals surface area contributed by atoms with E-state index in [1.165, 1.54) is 18.2 Å². The Morgan fingerprint density at radius 1 is 1.48 bits per heavy atom. The molecule has 9 heteroatoms. The molecule has 0 bridgehead atoms. The second-order valence-electron chi connectivity index (χ2n) is 4.67. The number of rotatable bonds is 4. The maximum absolute atomic E-state index is 12.6. The molecular weight excluding hydrogens is 298 g/mol. The van der Waals surface area contributed by atoms with Gasteiger partial charge < -0.3 is 0 Å². The standard InChI is InChI=1S/C12H13N3O5S/c1-9-4-5-10(15(17)18)7-11(9)21(19,20)14-6-2-3-12(14)13-8-16/h4-5,7,12H,2-3,6H2,1H3. The van der Waals surface area contributed by atoms with E-state index in [9.17, 15) is 23.3 Å². The zero-order chi connectivity index (χ0) is 15.6. The van der Waals surface area contributed by atoms with Crippen LogP contribution in [0.15, 0.2) is 28.1 Å². The molecular formula is C12H13N3O5S. The molecule has 0 amide bonds. The van der Waals surface area contributed by atoms with Gasteiger partial charge in [0.05, 0.1) is 9.82 Å². The van der Waals surface area contributed by atoms with Crippen LogP contribution in [0, 0.1) is 17.0 Å². The average molecular weight is 311 g/mol. The number of aryl methyl sites for hydroxylation is 1. The summed E-state index contributed by atoms with van der Waals surface area (Å²) < 4.78 is 26.3. The summed E-state index contributed by atoms with van der Waals surface area (Å²) in [6, 6.07) is 3.67. The lowest BCUT2D eigenvalue weighted by Crippen LogP contribution is -2.34. The van der Waals surface area contributed by atoms with Crippen LogP contribution in [0.4, 0.5) is 5.69 Å². The van der Waals surface area contributed by atoms with Gasteiger partial charge in [-0.3, -0.25) is 10.1 Å². The van der Waals surface area contributed by atoms with Crippen LogP contribution in [-0.4, -0.2) is 36.4 Å². The molecule has 1 saturated heterocycles. The highest BCUT2D eigenvalue weighted by atomic mass is 32.2. The maximum Gasteiger partial charge on any atom is 0.270 e. The van der Waals surface area contributed by atoms with Gasteiger partial charge in [0.2, 0.25) is 16.1 Å². The van der Waals surface area contributed by atoms with Crippen molar-refractivity contribution in [2.45, 2.75) is 30.8 Å². The summed E-state index contributed by atoms with van der Waals surface area (Å²) in [5.41, 5.74) is 0.107. The molecule has 0 aliphatic carbocycles. The molecule has 0 aromatic heterocycles. The van der Waals surface area contributed by atoms with Crippen LogP contribution in [0.25, 0.3) is 0 Å². The van der Waals surface area contributed by atoms with Gasteiger partial charge in [0.25, 0.3) is 5.69 Å². The van der Waals surface area contributed by atoms with Gasteiger partial charge in [0, 0.05) is 18.7 Å². The smallest absolute Gasteiger partial charge is 0.258 e. The summed E-state index contributed by atoms with van der Waals surface area (Å²) in [6.07, 6.45) is 1.59. The number of nitrogens with zero attached hydrogens (tertiary/aromatic N) is 3. The quantitative estimate of drug-likeness (QED) is 0.361. The van der Waals surface area contributed by atoms with Crippen molar-refractivity contribution in [3.63, 3.8) is 0 Å². The highest BCUT2D eigenvalue weighted by molar-refractivity contribution is 7.89. The molecule has 0 radical (unpaired) electrons. The molecule has 1 aromatic rings. The zero-order valence-corrected chi connectivity index (χ0v) is 12.0. The molecule has 2 rings (SSSR count). The number of nitro benzene ring substituents is 1. The Hall–Kier alpha value is -2.09. The molecule has 1 aliphatic heterocycles. The maximum atomic E-state index is 12.6. The van der Waals surface area contributed by atoms with Crippen LogP contribution in [0.5, 0.6) is 0 Å². The summed E-state index contributed by atoms with van der Waals surface area (Å²) in [7, 11) is -3.94. The van der Waals surface area contributed by atoms with Crippen LogP contribution in [0.1, 0.15) is 18.4 Å². The molecule has 0 spiro atoms. The van der Waals surface area contributed by atoms with E-state index in [2.05, 4.69) is 4.99 Å². The Kier molecular flexibility index (Phi) is 4.17. The van der Waals surface area contributed by atoms with E-state index in [4.69, 9.17) is 0 Å². The van der Waals surface area contributed by atoms with Crippen LogP contribution >= 0.6 is 0 Å². The fourth-order valence-electron chi connectivity index (χ4n) is 2.30. The predicted octanol–water partition coefficient (Wildman–Crippen LogP) is 1.35. The minimum atomic E-state index is -3.94. The Labute approximate surface area is 121 Å². The second kappa shape index (κ2) is 5.72. The number of hydrogen-bond donors (Lipinski definition) is 0. The molecule has 0 N–H and O–H groups in total. The van der Waals surface area contributed by atoms with Crippen molar-refractivity contribution in [2.24, 2.45) is 4.99 Å². The first-order valence-electron chi connectivity index (χ1n) is 6.22. The minimum absolute atomic E-state index is 0.135. The Balaban J connectivity index is 2.51. The first-order chi connectivity index (χ1) is 9.87. The highest BCUT2D eigenvalue weighted by Gasteiger charge is 2.36. The molecule has 1 aromatic carbocycles. The SMILES string of the molecule is Cc1ccc([N+](=O)[O-])cc1S(=O)(=O)N1CCCC1N=C=O. The zero-order valence-electron chi connectivity index (χ0n) is 11.2. The largest absolute Gasteiger partial charge is 0.270 e. The summed E-state index contributed by atoms with van der Waals surface area (Å²) >= 11 is 0. The van der Waals surface area contributed by atoms with E-state index < -0.39 is 21.1 Å². The van der Waals surface area contributed by atoms with Crippen LogP contribution in [-0.2, 0) is 14.8 Å². The molecule has 1 atom stereocenters. The molecule has 8 nitrogen and oxygen atoms in total. The number of carbonyl (C=O) groups excluding carboxylic acids is 1. The van der Waals surface area contributed by atoms with Crippen LogP contribution in [0.2, 0.25) is 0 Å². The summed E-state index contributed by atoms with van der Waals surface area (Å²) in [6.45, 7) is 1.78. The normalized spacial score (nSPS) is 19.2. The fourth-order valence-corrected chi connectivity index (χ4v) is 4.14. The Bertz CT molecular complexity index is 724. The van der Waals surface area contributed by atoms with Gasteiger partial charge >= 0.3 is 0 Å². The van der Waals surface area contributed by atoms with Gasteiger partial charge in [0.1, 0.15) is 6.17 Å². The van der Waals surface area contributed by atoms with Gasteiger partial charge in [-0.15, -0.1) is 0 Å². The Morgan fingerprint density at radius 3 is 2.81 bits per heavy atom. The highest BCUT2D eigenvalue weighted by Crippen LogP contribution is 2.30. The number of aliphatic imine (C=N–C) groups is 1. The number of nitro groups is 1. The van der Waals surface area contributed by atoms with Crippen LogP contribution < -0.4 is 0 Å². The van der Waals surface area contributed by atoms with E-state index in [1.54, 1.807) is 6.92 Å². The van der Waals surface area contributed by atoms with Gasteiger partial charge in [-0.1, -0.05) is 6.07 Å². The van der Waals surface area contributed by atoms with E-state index >= 15 is 0 Å². The lowest BCUT2D eigenvalue weighted by atomic mass is 10.2. The summed E-state index contributed by atoms with van der Waals surface area (Å²) in [4.78, 5) is 23.9. The molecule has 1 unspecified atom stereocenters. The minimum Gasteiger partial charge on any atom is -0.258 e. The van der Waals surface area contributed by atoms with Crippen molar-refractivity contribution in [1.29, 1.82) is 0 Å². The lowest BCUT2D eigenvalue weighted by molar-refractivity contribution is -0.385. The number of non-ortho nitro benzene ring substituents is 1. The van der Waals surface area contributed by atoms with E-state index in [0.29, 0.717) is 18.4 Å². The Morgan fingerprint density at radius 2 is 2.19 bits per heavy atom. The van der Waals surface area contributed by atoms with E-state index in [1.807, 2.05) is 0 Å². The fraction of sp³-hybridized carbons (Fsp3) is 0.417. The van der Waals surface area contributed by atoms with Crippen molar-refractivity contribution in [1.82, 2.24) is 4.31 Å². The third kappa shape index (κ3) is 2.85. The summed E-state index contributed by atoms with van der Waals surface area (Å²) in [5, 5.41) is 10.8. The molecule has 1 heterocycles. The summed E-state index contributed by atoms with van der Waals surface area (Å²) in [5.74, 6) is 0. The van der Waals surface area contributed by atoms with Crippen molar-refractivity contribution in [2.75, 3.05) is 6.54 Å². The molecule has 21 heavy (non-hydrogen) atoms. The van der Waals surface area contributed by atoms with Crippen molar-refractivity contribution >= 4 is 21.8 Å².